The van der Waals surface area contributed by atoms with E-state index in [-0.39, 0.29) is 30.3 Å². The van der Waals surface area contributed by atoms with Crippen LogP contribution in [0.15, 0.2) is 31.9 Å². The van der Waals surface area contributed by atoms with Crippen LogP contribution >= 0.6 is 15.9 Å². The summed E-state index contributed by atoms with van der Waals surface area (Å²) >= 11 is 3.42. The van der Waals surface area contributed by atoms with E-state index < -0.39 is 23.7 Å². The Morgan fingerprint density at radius 2 is 1.46 bits per heavy atom. The summed E-state index contributed by atoms with van der Waals surface area (Å²) in [4.78, 5) is 48.5. The molecule has 11 heteroatoms. The number of amides is 1. The summed E-state index contributed by atoms with van der Waals surface area (Å²) in [6.45, 7) is 2.38. The number of carboxylic acids is 1. The van der Waals surface area contributed by atoms with Gasteiger partial charge in [-0.25, -0.2) is 14.4 Å². The van der Waals surface area contributed by atoms with Gasteiger partial charge in [-0.15, -0.1) is 0 Å². The Morgan fingerprint density at radius 1 is 0.870 bits per heavy atom. The lowest BCUT2D eigenvalue weighted by Crippen LogP contribution is -2.41. The Balaban J connectivity index is 1.74. The van der Waals surface area contributed by atoms with Crippen molar-refractivity contribution in [1.82, 2.24) is 5.32 Å². The largest absolute Gasteiger partial charge is 0.480 e. The third-order valence-corrected chi connectivity index (χ3v) is 8.61. The minimum Gasteiger partial charge on any atom is -0.480 e. The fraction of sp³-hybridized carbons (Fsp3) is 0.657. The van der Waals surface area contributed by atoms with E-state index in [1.807, 2.05) is 0 Å². The Labute approximate surface area is 281 Å². The highest BCUT2D eigenvalue weighted by Gasteiger charge is 2.21. The summed E-state index contributed by atoms with van der Waals surface area (Å²) in [5.74, 6) is -1.32. The van der Waals surface area contributed by atoms with E-state index in [2.05, 4.69) is 28.2 Å². The third kappa shape index (κ3) is 16.1. The maximum atomic E-state index is 12.5. The number of ether oxygens (including phenoxy) is 2. The number of alkyl carbamates (subject to hydrolysis) is 1. The minimum absolute atomic E-state index is 0.162. The highest BCUT2D eigenvalue weighted by atomic mass is 79.9. The van der Waals surface area contributed by atoms with E-state index in [1.54, 1.807) is 6.07 Å². The molecule has 0 aliphatic carbocycles. The summed E-state index contributed by atoms with van der Waals surface area (Å²) < 4.78 is 16.5. The van der Waals surface area contributed by atoms with Crippen molar-refractivity contribution in [2.75, 3.05) is 6.54 Å². The molecule has 1 atom stereocenters. The first-order valence-electron chi connectivity index (χ1n) is 17.1. The monoisotopic (exact) mass is 708 g/mol. The van der Waals surface area contributed by atoms with Crippen molar-refractivity contribution in [1.29, 1.82) is 0 Å². The molecular weight excluding hydrogens is 656 g/mol. The van der Waals surface area contributed by atoms with Crippen molar-refractivity contribution < 1.29 is 33.4 Å². The number of carboxylic acid groups (broad SMARTS) is 1. The van der Waals surface area contributed by atoms with Gasteiger partial charge in [-0.05, 0) is 54.2 Å². The van der Waals surface area contributed by atoms with Gasteiger partial charge in [0.25, 0.3) is 0 Å². The Hall–Kier alpha value is -2.92. The van der Waals surface area contributed by atoms with Gasteiger partial charge in [-0.3, -0.25) is 4.79 Å². The number of nitrogens with one attached hydrogen (secondary N) is 1. The fourth-order valence-corrected chi connectivity index (χ4v) is 5.74. The molecule has 0 radical (unpaired) electrons. The van der Waals surface area contributed by atoms with Crippen molar-refractivity contribution >= 4 is 44.9 Å². The van der Waals surface area contributed by atoms with Crippen LogP contribution in [-0.2, 0) is 20.9 Å². The van der Waals surface area contributed by atoms with Gasteiger partial charge in [0.2, 0.25) is 0 Å². The zero-order valence-corrected chi connectivity index (χ0v) is 29.0. The Kier molecular flexibility index (Phi) is 20.0. The summed E-state index contributed by atoms with van der Waals surface area (Å²) in [5, 5.41) is 12.2. The maximum absolute atomic E-state index is 12.5. The van der Waals surface area contributed by atoms with Gasteiger partial charge in [0.15, 0.2) is 0 Å². The van der Waals surface area contributed by atoms with Crippen LogP contribution in [0.25, 0.3) is 11.0 Å². The van der Waals surface area contributed by atoms with Crippen LogP contribution in [0.5, 0.6) is 5.75 Å². The summed E-state index contributed by atoms with van der Waals surface area (Å²) in [6.07, 6.45) is 19.5. The van der Waals surface area contributed by atoms with E-state index >= 15 is 0 Å². The molecule has 46 heavy (non-hydrogen) atoms. The molecule has 0 saturated carbocycles. The summed E-state index contributed by atoms with van der Waals surface area (Å²) in [5.41, 5.74) is 5.29. The first-order valence-corrected chi connectivity index (χ1v) is 17.9. The molecule has 0 aliphatic rings. The minimum atomic E-state index is -1.18. The fourth-order valence-electron chi connectivity index (χ4n) is 5.32. The number of hydrogen-bond acceptors (Lipinski definition) is 8. The topological polar surface area (TPSA) is 158 Å². The number of nitrogens with two attached hydrogens (primary N) is 1. The molecule has 1 heterocycles. The maximum Gasteiger partial charge on any atom is 0.408 e. The predicted octanol–water partition coefficient (Wildman–Crippen LogP) is 8.53. The predicted molar refractivity (Wildman–Crippen MR) is 183 cm³/mol. The second-order valence-electron chi connectivity index (χ2n) is 11.9. The normalized spacial score (nSPS) is 11.8. The third-order valence-electron chi connectivity index (χ3n) is 7.99. The lowest BCUT2D eigenvalue weighted by Gasteiger charge is -2.15. The van der Waals surface area contributed by atoms with Crippen molar-refractivity contribution in [2.24, 2.45) is 5.73 Å². The second-order valence-corrected chi connectivity index (χ2v) is 12.8. The van der Waals surface area contributed by atoms with Gasteiger partial charge in [-0.2, -0.15) is 0 Å². The highest BCUT2D eigenvalue weighted by molar-refractivity contribution is 9.10. The highest BCUT2D eigenvalue weighted by Crippen LogP contribution is 2.32. The molecule has 1 amide bonds. The number of hydrogen-bond donors (Lipinski definition) is 3. The molecule has 2 rings (SSSR count). The lowest BCUT2D eigenvalue weighted by atomic mass is 10.0. The number of carbonyl (C=O) groups is 3. The van der Waals surface area contributed by atoms with Gasteiger partial charge >= 0.3 is 23.7 Å². The standard InChI is InChI=1S/C35H53BrN2O8/c1-2-3-4-5-6-7-8-9-10-11-12-13-14-15-16-20-32(39)46-31-24-30-27(23-28(31)36)26(22-33(40)45-30)25-44-35(43)38-29(34(41)42)19-17-18-21-37/h22-24,29H,2-21,25,37H2,1H3,(H,38,43)(H,41,42)/t29-/m0/s1. The first-order chi connectivity index (χ1) is 22.2. The zero-order chi connectivity index (χ0) is 33.6. The van der Waals surface area contributed by atoms with E-state index in [4.69, 9.17) is 19.6 Å². The number of benzene rings is 1. The number of unbranched alkanes of at least 4 members (excludes halogenated alkanes) is 15. The molecule has 2 aromatic rings. The number of rotatable bonds is 25. The van der Waals surface area contributed by atoms with E-state index in [9.17, 15) is 24.3 Å². The van der Waals surface area contributed by atoms with Crippen LogP contribution in [0, 0.1) is 0 Å². The van der Waals surface area contributed by atoms with E-state index in [0.29, 0.717) is 41.2 Å². The molecule has 0 fully saturated rings. The van der Waals surface area contributed by atoms with Gasteiger partial charge in [0.05, 0.1) is 4.47 Å². The van der Waals surface area contributed by atoms with Gasteiger partial charge in [0.1, 0.15) is 24.0 Å². The van der Waals surface area contributed by atoms with E-state index in [1.165, 1.54) is 89.2 Å². The molecule has 258 valence electrons. The number of halogens is 1. The van der Waals surface area contributed by atoms with Gasteiger partial charge in [0, 0.05) is 29.5 Å². The smallest absolute Gasteiger partial charge is 0.408 e. The average molecular weight is 710 g/mol. The molecule has 1 aromatic heterocycles. The van der Waals surface area contributed by atoms with Crippen molar-refractivity contribution in [3.05, 3.63) is 38.7 Å². The zero-order valence-electron chi connectivity index (χ0n) is 27.4. The van der Waals surface area contributed by atoms with Gasteiger partial charge in [-0.1, -0.05) is 96.8 Å². The first kappa shape index (κ1) is 39.3. The van der Waals surface area contributed by atoms with Crippen LogP contribution in [0.3, 0.4) is 0 Å². The van der Waals surface area contributed by atoms with E-state index in [0.717, 1.165) is 19.3 Å². The Morgan fingerprint density at radius 3 is 2.02 bits per heavy atom. The molecule has 0 saturated heterocycles. The number of aliphatic carboxylic acids is 1. The van der Waals surface area contributed by atoms with Crippen LogP contribution in [-0.4, -0.2) is 35.7 Å². The molecule has 4 N–H and O–H groups in total. The number of esters is 1. The van der Waals surface area contributed by atoms with Crippen molar-refractivity contribution in [3.63, 3.8) is 0 Å². The average Bonchev–Trinajstić information content (AvgIpc) is 3.02. The molecular formula is C35H53BrN2O8. The number of carbonyl (C=O) groups excluding carboxylic acids is 2. The van der Waals surface area contributed by atoms with Crippen LogP contribution < -0.4 is 21.4 Å². The van der Waals surface area contributed by atoms with Crippen LogP contribution in [0.4, 0.5) is 4.79 Å². The summed E-state index contributed by atoms with van der Waals surface area (Å²) in [7, 11) is 0. The molecule has 10 nitrogen and oxygen atoms in total. The second kappa shape index (κ2) is 23.4. The van der Waals surface area contributed by atoms with Gasteiger partial charge < -0.3 is 30.0 Å². The lowest BCUT2D eigenvalue weighted by molar-refractivity contribution is -0.139. The SMILES string of the molecule is CCCCCCCCCCCCCCCCCC(=O)Oc1cc2oc(=O)cc(COC(=O)N[C@@H](CCCCN)C(=O)O)c2cc1Br. The van der Waals surface area contributed by atoms with Crippen LogP contribution in [0.2, 0.25) is 0 Å². The van der Waals surface area contributed by atoms with Crippen molar-refractivity contribution in [2.45, 2.75) is 142 Å². The molecule has 0 spiro atoms. The molecule has 0 aliphatic heterocycles. The quantitative estimate of drug-likeness (QED) is 0.0398. The summed E-state index contributed by atoms with van der Waals surface area (Å²) in [6, 6.07) is 3.16. The molecule has 1 aromatic carbocycles. The molecule has 0 unspecified atom stereocenters. The Bertz CT molecular complexity index is 1270. The molecule has 0 bridgehead atoms. The number of fused-ring (bicyclic) bond motifs is 1. The van der Waals surface area contributed by atoms with Crippen LogP contribution in [0.1, 0.15) is 134 Å². The van der Waals surface area contributed by atoms with Crippen molar-refractivity contribution in [3.8, 4) is 5.75 Å².